The molecule has 3 nitrogen and oxygen atoms in total. The summed E-state index contributed by atoms with van der Waals surface area (Å²) < 4.78 is 3.13. The molecule has 0 spiro atoms. The van der Waals surface area contributed by atoms with Gasteiger partial charge >= 0.3 is 0 Å². The molecule has 2 aliphatic carbocycles. The second kappa shape index (κ2) is 4.90. The van der Waals surface area contributed by atoms with Crippen molar-refractivity contribution in [1.29, 1.82) is 0 Å². The number of fused-ring (bicyclic) bond motifs is 5. The molecule has 112 valence electrons. The molecule has 2 aliphatic rings. The molecular weight excluding hydrogens is 350 g/mol. The van der Waals surface area contributed by atoms with Crippen LogP contribution in [0.2, 0.25) is 0 Å². The van der Waals surface area contributed by atoms with Gasteiger partial charge in [0.05, 0.1) is 5.52 Å². The number of nitrogens with zero attached hydrogens (tertiary/aromatic N) is 3. The number of pyridine rings is 1. The third-order valence-corrected chi connectivity index (χ3v) is 5.33. The average molecular weight is 364 g/mol. The predicted octanol–water partition coefficient (Wildman–Crippen LogP) is 4.56. The summed E-state index contributed by atoms with van der Waals surface area (Å²) in [6.45, 7) is 0. The zero-order valence-electron chi connectivity index (χ0n) is 12.4. The van der Waals surface area contributed by atoms with Crippen molar-refractivity contribution < 1.29 is 0 Å². The molecule has 0 fully saturated rings. The molecule has 0 amide bonds. The van der Waals surface area contributed by atoms with E-state index in [1.54, 1.807) is 0 Å². The molecule has 5 rings (SSSR count). The van der Waals surface area contributed by atoms with E-state index < -0.39 is 0 Å². The lowest BCUT2D eigenvalue weighted by Gasteiger charge is -2.17. The standard InChI is InChI=1S/C19H14BrN3/c20-13-5-6-17-15(10-13)18-14-4-2-1-3-12(14)9-16(18)19(22-17)23-8-7-21-11-23/h1-8,10-12,14H,9H2. The van der Waals surface area contributed by atoms with Crippen molar-refractivity contribution in [3.63, 3.8) is 0 Å². The molecule has 0 N–H and O–H groups in total. The van der Waals surface area contributed by atoms with Crippen molar-refractivity contribution in [2.75, 3.05) is 0 Å². The fourth-order valence-corrected chi connectivity index (χ4v) is 4.22. The second-order valence-corrected chi connectivity index (χ2v) is 7.04. The van der Waals surface area contributed by atoms with E-state index in [9.17, 15) is 0 Å². The van der Waals surface area contributed by atoms with E-state index in [0.717, 1.165) is 22.2 Å². The van der Waals surface area contributed by atoms with Crippen LogP contribution in [0.5, 0.6) is 0 Å². The zero-order chi connectivity index (χ0) is 15.4. The first-order valence-electron chi connectivity index (χ1n) is 7.76. The van der Waals surface area contributed by atoms with Gasteiger partial charge in [-0.2, -0.15) is 0 Å². The average Bonchev–Trinajstić information content (AvgIpc) is 3.22. The van der Waals surface area contributed by atoms with Crippen LogP contribution >= 0.6 is 15.9 Å². The van der Waals surface area contributed by atoms with Crippen molar-refractivity contribution in [3.8, 4) is 5.82 Å². The molecule has 0 aliphatic heterocycles. The van der Waals surface area contributed by atoms with Crippen LogP contribution in [0.15, 0.2) is 65.7 Å². The SMILES string of the molecule is Brc1ccc2nc(-n3ccnc3)c3c(c2c1)C1C=CC=CC1C3. The van der Waals surface area contributed by atoms with E-state index in [1.165, 1.54) is 16.5 Å². The highest BCUT2D eigenvalue weighted by molar-refractivity contribution is 9.10. The molecule has 23 heavy (non-hydrogen) atoms. The lowest BCUT2D eigenvalue weighted by molar-refractivity contribution is 0.631. The van der Waals surface area contributed by atoms with Crippen LogP contribution in [-0.2, 0) is 6.42 Å². The van der Waals surface area contributed by atoms with E-state index in [-0.39, 0.29) is 0 Å². The molecule has 4 heteroatoms. The van der Waals surface area contributed by atoms with Gasteiger partial charge in [-0.25, -0.2) is 9.97 Å². The van der Waals surface area contributed by atoms with Gasteiger partial charge in [0.1, 0.15) is 12.1 Å². The van der Waals surface area contributed by atoms with Crippen LogP contribution in [0.25, 0.3) is 16.7 Å². The van der Waals surface area contributed by atoms with Crippen LogP contribution in [0.1, 0.15) is 17.0 Å². The first-order valence-corrected chi connectivity index (χ1v) is 8.56. The second-order valence-electron chi connectivity index (χ2n) is 6.12. The minimum atomic E-state index is 0.442. The summed E-state index contributed by atoms with van der Waals surface area (Å²) >= 11 is 3.61. The van der Waals surface area contributed by atoms with Crippen LogP contribution in [-0.4, -0.2) is 14.5 Å². The van der Waals surface area contributed by atoms with E-state index >= 15 is 0 Å². The Morgan fingerprint density at radius 1 is 1.17 bits per heavy atom. The Hall–Kier alpha value is -2.20. The highest BCUT2D eigenvalue weighted by Gasteiger charge is 2.34. The molecule has 1 aromatic carbocycles. The summed E-state index contributed by atoms with van der Waals surface area (Å²) in [5.74, 6) is 1.99. The van der Waals surface area contributed by atoms with Crippen LogP contribution in [0.4, 0.5) is 0 Å². The van der Waals surface area contributed by atoms with Gasteiger partial charge in [0.15, 0.2) is 0 Å². The maximum absolute atomic E-state index is 4.94. The van der Waals surface area contributed by atoms with Gasteiger partial charge < -0.3 is 0 Å². The van der Waals surface area contributed by atoms with Crippen molar-refractivity contribution in [2.24, 2.45) is 5.92 Å². The van der Waals surface area contributed by atoms with Gasteiger partial charge in [-0.1, -0.05) is 40.2 Å². The quantitative estimate of drug-likeness (QED) is 0.634. The summed E-state index contributed by atoms with van der Waals surface area (Å²) in [5.41, 5.74) is 3.81. The molecule has 2 aromatic heterocycles. The van der Waals surface area contributed by atoms with Crippen molar-refractivity contribution in [1.82, 2.24) is 14.5 Å². The highest BCUT2D eigenvalue weighted by Crippen LogP contribution is 2.46. The number of halogens is 1. The Balaban J connectivity index is 1.87. The summed E-state index contributed by atoms with van der Waals surface area (Å²) in [6.07, 6.45) is 15.6. The summed E-state index contributed by atoms with van der Waals surface area (Å²) in [7, 11) is 0. The van der Waals surface area contributed by atoms with Crippen molar-refractivity contribution >= 4 is 26.8 Å². The maximum atomic E-state index is 4.94. The lowest BCUT2D eigenvalue weighted by atomic mass is 9.87. The molecule has 3 aromatic rings. The number of hydrogen-bond acceptors (Lipinski definition) is 2. The number of aromatic nitrogens is 3. The lowest BCUT2D eigenvalue weighted by Crippen LogP contribution is -2.04. The van der Waals surface area contributed by atoms with Gasteiger partial charge in [-0.3, -0.25) is 4.57 Å². The van der Waals surface area contributed by atoms with E-state index in [0.29, 0.717) is 11.8 Å². The Morgan fingerprint density at radius 2 is 2.09 bits per heavy atom. The molecule has 0 radical (unpaired) electrons. The van der Waals surface area contributed by atoms with Gasteiger partial charge in [0.2, 0.25) is 0 Å². The number of allylic oxidation sites excluding steroid dienone is 4. The topological polar surface area (TPSA) is 30.7 Å². The first kappa shape index (κ1) is 13.3. The normalized spacial score (nSPS) is 21.6. The Morgan fingerprint density at radius 3 is 2.96 bits per heavy atom. The maximum Gasteiger partial charge on any atom is 0.142 e. The molecule has 2 unspecified atom stereocenters. The highest BCUT2D eigenvalue weighted by atomic mass is 79.9. The van der Waals surface area contributed by atoms with Gasteiger partial charge in [-0.15, -0.1) is 0 Å². The summed E-state index contributed by atoms with van der Waals surface area (Å²) in [6, 6.07) is 6.35. The number of hydrogen-bond donors (Lipinski definition) is 0. The number of rotatable bonds is 1. The summed E-state index contributed by atoms with van der Waals surface area (Å²) in [5, 5.41) is 1.26. The molecule has 0 saturated carbocycles. The molecule has 0 bridgehead atoms. The number of benzene rings is 1. The van der Waals surface area contributed by atoms with E-state index in [2.05, 4.69) is 63.4 Å². The molecule has 0 saturated heterocycles. The predicted molar refractivity (Wildman–Crippen MR) is 94.8 cm³/mol. The monoisotopic (exact) mass is 363 g/mol. The fourth-order valence-electron chi connectivity index (χ4n) is 3.86. The van der Waals surface area contributed by atoms with Gasteiger partial charge in [0.25, 0.3) is 0 Å². The largest absolute Gasteiger partial charge is 0.290 e. The third kappa shape index (κ3) is 1.94. The van der Waals surface area contributed by atoms with Crippen molar-refractivity contribution in [3.05, 3.63) is 76.8 Å². The zero-order valence-corrected chi connectivity index (χ0v) is 13.9. The Kier molecular flexibility index (Phi) is 2.82. The molecule has 2 atom stereocenters. The molecule has 2 heterocycles. The van der Waals surface area contributed by atoms with Gasteiger partial charge in [0, 0.05) is 33.7 Å². The fraction of sp³-hybridized carbons (Fsp3) is 0.158. The van der Waals surface area contributed by atoms with Crippen LogP contribution in [0, 0.1) is 5.92 Å². The van der Waals surface area contributed by atoms with Crippen molar-refractivity contribution in [2.45, 2.75) is 12.3 Å². The van der Waals surface area contributed by atoms with Crippen LogP contribution in [0.3, 0.4) is 0 Å². The third-order valence-electron chi connectivity index (χ3n) is 4.84. The van der Waals surface area contributed by atoms with Crippen LogP contribution < -0.4 is 0 Å². The van der Waals surface area contributed by atoms with Gasteiger partial charge in [-0.05, 0) is 36.1 Å². The van der Waals surface area contributed by atoms with E-state index in [4.69, 9.17) is 4.98 Å². The smallest absolute Gasteiger partial charge is 0.142 e. The minimum absolute atomic E-state index is 0.442. The molecular formula is C19H14BrN3. The Labute approximate surface area is 142 Å². The minimum Gasteiger partial charge on any atom is -0.290 e. The first-order chi connectivity index (χ1) is 11.3. The summed E-state index contributed by atoms with van der Waals surface area (Å²) in [4.78, 5) is 9.14. The van der Waals surface area contributed by atoms with E-state index in [1.807, 2.05) is 23.3 Å². The number of imidazole rings is 1. The Bertz CT molecular complexity index is 970.